The first-order valence-corrected chi connectivity index (χ1v) is 7.67. The number of rotatable bonds is 3. The summed E-state index contributed by atoms with van der Waals surface area (Å²) >= 11 is 7.13. The predicted molar refractivity (Wildman–Crippen MR) is 83.5 cm³/mol. The zero-order valence-corrected chi connectivity index (χ0v) is 13.2. The first-order chi connectivity index (χ1) is 9.22. The van der Waals surface area contributed by atoms with Crippen LogP contribution < -0.4 is 0 Å². The Labute approximate surface area is 128 Å². The topological polar surface area (TPSA) is 26.0 Å². The molecule has 2 nitrogen and oxygen atoms in total. The van der Waals surface area contributed by atoms with Crippen molar-refractivity contribution in [3.8, 4) is 0 Å². The minimum Gasteiger partial charge on any atom is -0.441 e. The van der Waals surface area contributed by atoms with Crippen molar-refractivity contribution in [2.24, 2.45) is 0 Å². The number of oxazole rings is 1. The van der Waals surface area contributed by atoms with Crippen LogP contribution in [0.1, 0.15) is 16.3 Å². The number of halogens is 2. The zero-order valence-electron chi connectivity index (χ0n) is 10.0. The molecule has 0 spiro atoms. The standard InChI is InChI=1S/C15H11Br2NO/c16-11-7-5-10(6-8-11)12(17)9-15-18-13-3-1-2-4-14(13)19-15/h1-8,12H,9H2. The number of nitrogens with zero attached hydrogens (tertiary/aromatic N) is 1. The van der Waals surface area contributed by atoms with Gasteiger partial charge in [-0.3, -0.25) is 0 Å². The number of alkyl halides is 1. The monoisotopic (exact) mass is 379 g/mol. The van der Waals surface area contributed by atoms with Crippen LogP contribution in [0.3, 0.4) is 0 Å². The Hall–Kier alpha value is -1.13. The Bertz CT molecular complexity index is 658. The largest absolute Gasteiger partial charge is 0.441 e. The van der Waals surface area contributed by atoms with E-state index in [1.54, 1.807) is 0 Å². The molecule has 4 heteroatoms. The lowest BCUT2D eigenvalue weighted by Crippen LogP contribution is -1.95. The van der Waals surface area contributed by atoms with Gasteiger partial charge < -0.3 is 4.42 Å². The average molecular weight is 381 g/mol. The van der Waals surface area contributed by atoms with E-state index in [4.69, 9.17) is 4.42 Å². The molecule has 96 valence electrons. The molecular formula is C15H11Br2NO. The zero-order chi connectivity index (χ0) is 13.2. The van der Waals surface area contributed by atoms with Crippen molar-refractivity contribution < 1.29 is 4.42 Å². The highest BCUT2D eigenvalue weighted by Gasteiger charge is 2.13. The lowest BCUT2D eigenvalue weighted by Gasteiger charge is -2.07. The van der Waals surface area contributed by atoms with Crippen LogP contribution in [0.4, 0.5) is 0 Å². The highest BCUT2D eigenvalue weighted by atomic mass is 79.9. The molecule has 0 saturated carbocycles. The third kappa shape index (κ3) is 2.90. The summed E-state index contributed by atoms with van der Waals surface area (Å²) in [6.45, 7) is 0. The van der Waals surface area contributed by atoms with E-state index in [0.717, 1.165) is 27.9 Å². The highest BCUT2D eigenvalue weighted by molar-refractivity contribution is 9.10. The van der Waals surface area contributed by atoms with Crippen LogP contribution in [0.5, 0.6) is 0 Å². The van der Waals surface area contributed by atoms with Gasteiger partial charge in [-0.2, -0.15) is 0 Å². The van der Waals surface area contributed by atoms with Crippen molar-refractivity contribution in [1.82, 2.24) is 4.98 Å². The van der Waals surface area contributed by atoms with Gasteiger partial charge in [0.25, 0.3) is 0 Å². The summed E-state index contributed by atoms with van der Waals surface area (Å²) in [5, 5.41) is 0. The summed E-state index contributed by atoms with van der Waals surface area (Å²) in [6, 6.07) is 16.1. The quantitative estimate of drug-likeness (QED) is 0.578. The number of para-hydroxylation sites is 2. The van der Waals surface area contributed by atoms with Crippen molar-refractivity contribution in [3.05, 3.63) is 64.5 Å². The van der Waals surface area contributed by atoms with Crippen LogP contribution in [0.2, 0.25) is 0 Å². The lowest BCUT2D eigenvalue weighted by atomic mass is 10.1. The molecule has 2 aromatic carbocycles. The average Bonchev–Trinajstić information content (AvgIpc) is 2.81. The molecule has 1 atom stereocenters. The Kier molecular flexibility index (Phi) is 3.71. The number of hydrogen-bond donors (Lipinski definition) is 0. The fraction of sp³-hybridized carbons (Fsp3) is 0.133. The van der Waals surface area contributed by atoms with Gasteiger partial charge in [0.2, 0.25) is 0 Å². The second kappa shape index (κ2) is 5.47. The van der Waals surface area contributed by atoms with E-state index in [2.05, 4.69) is 49.0 Å². The van der Waals surface area contributed by atoms with Gasteiger partial charge in [0.05, 0.1) is 0 Å². The van der Waals surface area contributed by atoms with Crippen molar-refractivity contribution in [3.63, 3.8) is 0 Å². The van der Waals surface area contributed by atoms with E-state index in [0.29, 0.717) is 0 Å². The summed E-state index contributed by atoms with van der Waals surface area (Å²) in [5.74, 6) is 0.756. The van der Waals surface area contributed by atoms with Crippen LogP contribution in [0, 0.1) is 0 Å². The lowest BCUT2D eigenvalue weighted by molar-refractivity contribution is 0.527. The summed E-state index contributed by atoms with van der Waals surface area (Å²) < 4.78 is 6.81. The van der Waals surface area contributed by atoms with Gasteiger partial charge >= 0.3 is 0 Å². The Morgan fingerprint density at radius 3 is 2.53 bits per heavy atom. The maximum absolute atomic E-state index is 5.73. The molecule has 0 amide bonds. The Morgan fingerprint density at radius 2 is 1.79 bits per heavy atom. The first-order valence-electron chi connectivity index (χ1n) is 5.96. The third-order valence-electron chi connectivity index (χ3n) is 2.92. The normalized spacial score (nSPS) is 12.7. The van der Waals surface area contributed by atoms with Crippen molar-refractivity contribution in [2.45, 2.75) is 11.2 Å². The van der Waals surface area contributed by atoms with Gasteiger partial charge in [-0.1, -0.05) is 56.1 Å². The fourth-order valence-electron chi connectivity index (χ4n) is 1.95. The number of aromatic nitrogens is 1. The molecule has 0 aliphatic rings. The molecule has 0 bridgehead atoms. The maximum Gasteiger partial charge on any atom is 0.196 e. The molecular weight excluding hydrogens is 370 g/mol. The summed E-state index contributed by atoms with van der Waals surface area (Å²) in [7, 11) is 0. The van der Waals surface area contributed by atoms with Gasteiger partial charge in [-0.05, 0) is 29.8 Å². The van der Waals surface area contributed by atoms with Crippen molar-refractivity contribution in [2.75, 3.05) is 0 Å². The van der Waals surface area contributed by atoms with Crippen LogP contribution in [-0.2, 0) is 6.42 Å². The number of fused-ring (bicyclic) bond motifs is 1. The van der Waals surface area contributed by atoms with Gasteiger partial charge in [-0.25, -0.2) is 4.98 Å². The minimum atomic E-state index is 0.202. The summed E-state index contributed by atoms with van der Waals surface area (Å²) in [6.07, 6.45) is 0.732. The highest BCUT2D eigenvalue weighted by Crippen LogP contribution is 2.29. The van der Waals surface area contributed by atoms with E-state index in [1.165, 1.54) is 5.56 Å². The van der Waals surface area contributed by atoms with E-state index in [9.17, 15) is 0 Å². The molecule has 0 fully saturated rings. The maximum atomic E-state index is 5.73. The minimum absolute atomic E-state index is 0.202. The van der Waals surface area contributed by atoms with E-state index < -0.39 is 0 Å². The van der Waals surface area contributed by atoms with Crippen molar-refractivity contribution in [1.29, 1.82) is 0 Å². The second-order valence-electron chi connectivity index (χ2n) is 4.30. The predicted octanol–water partition coefficient (Wildman–Crippen LogP) is 5.27. The summed E-state index contributed by atoms with van der Waals surface area (Å²) in [4.78, 5) is 4.69. The summed E-state index contributed by atoms with van der Waals surface area (Å²) in [5.41, 5.74) is 2.96. The van der Waals surface area contributed by atoms with E-state index >= 15 is 0 Å². The SMILES string of the molecule is Brc1ccc(C(Br)Cc2nc3ccccc3o2)cc1. The molecule has 0 aliphatic heterocycles. The van der Waals surface area contributed by atoms with Crippen molar-refractivity contribution >= 4 is 43.0 Å². The fourth-order valence-corrected chi connectivity index (χ4v) is 2.80. The Morgan fingerprint density at radius 1 is 1.05 bits per heavy atom. The molecule has 0 saturated heterocycles. The van der Waals surface area contributed by atoms with Gasteiger partial charge in [0, 0.05) is 15.7 Å². The van der Waals surface area contributed by atoms with Gasteiger partial charge in [-0.15, -0.1) is 0 Å². The number of benzene rings is 2. The van der Waals surface area contributed by atoms with Gasteiger partial charge in [0.15, 0.2) is 11.5 Å². The smallest absolute Gasteiger partial charge is 0.196 e. The first kappa shape index (κ1) is 12.9. The molecule has 1 heterocycles. The molecule has 1 unspecified atom stereocenters. The molecule has 0 aliphatic carbocycles. The molecule has 0 N–H and O–H groups in total. The van der Waals surface area contributed by atoms with Gasteiger partial charge in [0.1, 0.15) is 5.52 Å². The van der Waals surface area contributed by atoms with Crippen LogP contribution in [0.25, 0.3) is 11.1 Å². The second-order valence-corrected chi connectivity index (χ2v) is 6.32. The number of hydrogen-bond acceptors (Lipinski definition) is 2. The van der Waals surface area contributed by atoms with E-state index in [-0.39, 0.29) is 4.83 Å². The van der Waals surface area contributed by atoms with E-state index in [1.807, 2.05) is 36.4 Å². The molecule has 19 heavy (non-hydrogen) atoms. The molecule has 1 aromatic heterocycles. The Balaban J connectivity index is 1.82. The van der Waals surface area contributed by atoms with Crippen LogP contribution in [-0.4, -0.2) is 4.98 Å². The molecule has 3 rings (SSSR count). The third-order valence-corrected chi connectivity index (χ3v) is 4.30. The molecule has 0 radical (unpaired) electrons. The van der Waals surface area contributed by atoms with Crippen LogP contribution >= 0.6 is 31.9 Å². The molecule has 3 aromatic rings. The van der Waals surface area contributed by atoms with Crippen LogP contribution in [0.15, 0.2) is 57.4 Å².